The number of carbonyl (C=O) groups is 2. The van der Waals surface area contributed by atoms with Crippen LogP contribution in [0.15, 0.2) is 0 Å². The minimum Gasteiger partial charge on any atom is -0.480 e. The molecule has 0 aliphatic rings. The molecule has 0 saturated heterocycles. The molecule has 1 atom stereocenters. The highest BCUT2D eigenvalue weighted by molar-refractivity contribution is 7.98. The zero-order valence-electron chi connectivity index (χ0n) is 19.2. The lowest BCUT2D eigenvalue weighted by Gasteiger charge is -2.13. The summed E-state index contributed by atoms with van der Waals surface area (Å²) in [7, 11) is 0. The van der Waals surface area contributed by atoms with Gasteiger partial charge in [-0.3, -0.25) is 4.79 Å². The number of unbranched alkanes of at least 4 members (excludes halogenated alkanes) is 15. The Morgan fingerprint density at radius 1 is 0.759 bits per heavy atom. The Bertz CT molecular complexity index is 390. The third kappa shape index (κ3) is 20.3. The van der Waals surface area contributed by atoms with E-state index in [1.54, 1.807) is 11.8 Å². The standard InChI is InChI=1S/C24H47NO3S/c1-3-4-5-6-7-8-9-10-11-12-13-14-15-16-17-18-19-23(26)25-22(24(27)28)20-21-29-2/h22H,3-21H2,1-2H3,(H,25,26)(H,27,28)/t22-/m0/s1. The molecule has 0 radical (unpaired) electrons. The summed E-state index contributed by atoms with van der Waals surface area (Å²) in [5.74, 6) is -0.306. The van der Waals surface area contributed by atoms with E-state index in [1.807, 2.05) is 6.26 Å². The summed E-state index contributed by atoms with van der Waals surface area (Å²) in [5, 5.41) is 11.8. The molecule has 0 fully saturated rings. The van der Waals surface area contributed by atoms with Gasteiger partial charge in [0, 0.05) is 6.42 Å². The Kier molecular flexibility index (Phi) is 21.4. The van der Waals surface area contributed by atoms with Crippen molar-refractivity contribution in [2.24, 2.45) is 0 Å². The van der Waals surface area contributed by atoms with Crippen molar-refractivity contribution in [2.45, 2.75) is 129 Å². The van der Waals surface area contributed by atoms with Crippen LogP contribution in [0.1, 0.15) is 122 Å². The molecule has 0 aromatic heterocycles. The summed E-state index contributed by atoms with van der Waals surface area (Å²) in [6.45, 7) is 2.27. The van der Waals surface area contributed by atoms with Crippen molar-refractivity contribution in [1.29, 1.82) is 0 Å². The van der Waals surface area contributed by atoms with E-state index in [9.17, 15) is 9.59 Å². The Hall–Kier alpha value is -0.710. The molecule has 0 saturated carbocycles. The van der Waals surface area contributed by atoms with Crippen LogP contribution in [0.2, 0.25) is 0 Å². The highest BCUT2D eigenvalue weighted by Crippen LogP contribution is 2.14. The molecule has 0 bridgehead atoms. The predicted octanol–water partition coefficient (Wildman–Crippen LogP) is 6.96. The van der Waals surface area contributed by atoms with Gasteiger partial charge in [-0.05, 0) is 24.9 Å². The maximum absolute atomic E-state index is 11.9. The molecule has 0 heterocycles. The van der Waals surface area contributed by atoms with Gasteiger partial charge in [0.05, 0.1) is 0 Å². The van der Waals surface area contributed by atoms with Gasteiger partial charge in [0.25, 0.3) is 0 Å². The van der Waals surface area contributed by atoms with E-state index in [2.05, 4.69) is 12.2 Å². The number of amides is 1. The fraction of sp³-hybridized carbons (Fsp3) is 0.917. The van der Waals surface area contributed by atoms with E-state index in [-0.39, 0.29) is 5.91 Å². The number of nitrogens with one attached hydrogen (secondary N) is 1. The van der Waals surface area contributed by atoms with Gasteiger partial charge >= 0.3 is 5.97 Å². The van der Waals surface area contributed by atoms with Gasteiger partial charge < -0.3 is 10.4 Å². The highest BCUT2D eigenvalue weighted by Gasteiger charge is 2.18. The molecular formula is C24H47NO3S. The summed E-state index contributed by atoms with van der Waals surface area (Å²) in [6.07, 6.45) is 23.9. The topological polar surface area (TPSA) is 66.4 Å². The van der Waals surface area contributed by atoms with E-state index in [0.717, 1.165) is 18.6 Å². The van der Waals surface area contributed by atoms with Gasteiger partial charge in [0.1, 0.15) is 6.04 Å². The van der Waals surface area contributed by atoms with Crippen molar-refractivity contribution in [1.82, 2.24) is 5.32 Å². The van der Waals surface area contributed by atoms with Gasteiger partial charge in [-0.2, -0.15) is 11.8 Å². The lowest BCUT2D eigenvalue weighted by molar-refractivity contribution is -0.141. The second kappa shape index (κ2) is 22.0. The fourth-order valence-corrected chi connectivity index (χ4v) is 4.06. The van der Waals surface area contributed by atoms with Crippen molar-refractivity contribution in [3.05, 3.63) is 0 Å². The molecule has 172 valence electrons. The van der Waals surface area contributed by atoms with Crippen molar-refractivity contribution < 1.29 is 14.7 Å². The molecule has 4 nitrogen and oxygen atoms in total. The Morgan fingerprint density at radius 2 is 1.17 bits per heavy atom. The van der Waals surface area contributed by atoms with Gasteiger partial charge in [-0.15, -0.1) is 0 Å². The lowest BCUT2D eigenvalue weighted by Crippen LogP contribution is -2.41. The average Bonchev–Trinajstić information content (AvgIpc) is 2.70. The van der Waals surface area contributed by atoms with Crippen LogP contribution in [0.5, 0.6) is 0 Å². The fourth-order valence-electron chi connectivity index (χ4n) is 3.59. The van der Waals surface area contributed by atoms with Crippen molar-refractivity contribution in [2.75, 3.05) is 12.0 Å². The van der Waals surface area contributed by atoms with Crippen LogP contribution < -0.4 is 5.32 Å². The molecular weight excluding hydrogens is 382 g/mol. The number of hydrogen-bond donors (Lipinski definition) is 2. The first-order valence-electron chi connectivity index (χ1n) is 12.1. The van der Waals surface area contributed by atoms with Crippen LogP contribution in [0, 0.1) is 0 Å². The van der Waals surface area contributed by atoms with E-state index < -0.39 is 12.0 Å². The van der Waals surface area contributed by atoms with Gasteiger partial charge in [0.2, 0.25) is 5.91 Å². The summed E-state index contributed by atoms with van der Waals surface area (Å²) in [4.78, 5) is 23.0. The molecule has 0 aliphatic carbocycles. The summed E-state index contributed by atoms with van der Waals surface area (Å²) >= 11 is 1.60. The smallest absolute Gasteiger partial charge is 0.326 e. The Balaban J connectivity index is 3.36. The minimum atomic E-state index is -0.931. The number of hydrogen-bond acceptors (Lipinski definition) is 3. The third-order valence-corrected chi connectivity index (χ3v) is 6.15. The van der Waals surface area contributed by atoms with Crippen molar-refractivity contribution in [3.63, 3.8) is 0 Å². The van der Waals surface area contributed by atoms with Gasteiger partial charge in [0.15, 0.2) is 0 Å². The molecule has 0 aromatic rings. The number of carboxylic acids is 1. The molecule has 2 N–H and O–H groups in total. The minimum absolute atomic E-state index is 0.121. The van der Waals surface area contributed by atoms with E-state index >= 15 is 0 Å². The van der Waals surface area contributed by atoms with Crippen LogP contribution >= 0.6 is 11.8 Å². The first kappa shape index (κ1) is 28.3. The SMILES string of the molecule is CCCCCCCCCCCCCCCCCCC(=O)N[C@@H](CCSC)C(=O)O. The highest BCUT2D eigenvalue weighted by atomic mass is 32.2. The maximum atomic E-state index is 11.9. The zero-order chi connectivity index (χ0) is 21.6. The largest absolute Gasteiger partial charge is 0.480 e. The van der Waals surface area contributed by atoms with Crippen LogP contribution in [-0.4, -0.2) is 35.0 Å². The van der Waals surface area contributed by atoms with Crippen LogP contribution in [-0.2, 0) is 9.59 Å². The molecule has 0 aliphatic heterocycles. The second-order valence-electron chi connectivity index (χ2n) is 8.29. The van der Waals surface area contributed by atoms with Crippen molar-refractivity contribution in [3.8, 4) is 0 Å². The zero-order valence-corrected chi connectivity index (χ0v) is 20.0. The first-order valence-corrected chi connectivity index (χ1v) is 13.5. The van der Waals surface area contributed by atoms with Gasteiger partial charge in [-0.1, -0.05) is 103 Å². The Morgan fingerprint density at radius 3 is 1.55 bits per heavy atom. The average molecular weight is 430 g/mol. The lowest BCUT2D eigenvalue weighted by atomic mass is 10.0. The summed E-state index contributed by atoms with van der Waals surface area (Å²) in [5.41, 5.74) is 0. The van der Waals surface area contributed by atoms with E-state index in [1.165, 1.54) is 89.9 Å². The predicted molar refractivity (Wildman–Crippen MR) is 127 cm³/mol. The molecule has 0 spiro atoms. The maximum Gasteiger partial charge on any atom is 0.326 e. The third-order valence-electron chi connectivity index (χ3n) is 5.50. The summed E-state index contributed by atoms with van der Waals surface area (Å²) < 4.78 is 0. The summed E-state index contributed by atoms with van der Waals surface area (Å²) in [6, 6.07) is -0.740. The van der Waals surface area contributed by atoms with Crippen LogP contribution in [0.4, 0.5) is 0 Å². The van der Waals surface area contributed by atoms with Gasteiger partial charge in [-0.25, -0.2) is 4.79 Å². The molecule has 5 heteroatoms. The Labute approximate surface area is 184 Å². The van der Waals surface area contributed by atoms with Crippen molar-refractivity contribution >= 4 is 23.6 Å². The quantitative estimate of drug-likeness (QED) is 0.183. The van der Waals surface area contributed by atoms with E-state index in [4.69, 9.17) is 5.11 Å². The first-order chi connectivity index (χ1) is 14.1. The number of rotatable bonds is 22. The molecule has 1 amide bonds. The number of carbonyl (C=O) groups excluding carboxylic acids is 1. The molecule has 0 aromatic carbocycles. The normalized spacial score (nSPS) is 12.1. The molecule has 29 heavy (non-hydrogen) atoms. The number of thioether (sulfide) groups is 1. The molecule has 0 rings (SSSR count). The molecule has 0 unspecified atom stereocenters. The number of carboxylic acid groups (broad SMARTS) is 1. The monoisotopic (exact) mass is 429 g/mol. The second-order valence-corrected chi connectivity index (χ2v) is 9.28. The van der Waals surface area contributed by atoms with Crippen LogP contribution in [0.25, 0.3) is 0 Å². The van der Waals surface area contributed by atoms with Crippen LogP contribution in [0.3, 0.4) is 0 Å². The number of aliphatic carboxylic acids is 1. The van der Waals surface area contributed by atoms with E-state index in [0.29, 0.717) is 12.8 Å².